The minimum Gasteiger partial charge on any atom is -0.382 e. The molecular formula is C15H22N2O2. The van der Waals surface area contributed by atoms with Crippen LogP contribution in [0.2, 0.25) is 0 Å². The maximum Gasteiger partial charge on any atom is 0.220 e. The zero-order valence-corrected chi connectivity index (χ0v) is 11.5. The molecule has 0 aromatic heterocycles. The highest BCUT2D eigenvalue weighted by atomic mass is 16.5. The molecule has 19 heavy (non-hydrogen) atoms. The fraction of sp³-hybridized carbons (Fsp3) is 0.533. The SMILES string of the molecule is CCOCCCC(=O)NCc1ccc2c(c1)CNC2. The number of fused-ring (bicyclic) bond motifs is 1. The van der Waals surface area contributed by atoms with Crippen molar-refractivity contribution < 1.29 is 9.53 Å². The number of carbonyl (C=O) groups is 1. The van der Waals surface area contributed by atoms with Crippen molar-refractivity contribution in [3.8, 4) is 0 Å². The van der Waals surface area contributed by atoms with Crippen LogP contribution in [-0.2, 0) is 29.2 Å². The second-order valence-electron chi connectivity index (χ2n) is 4.78. The summed E-state index contributed by atoms with van der Waals surface area (Å²) in [7, 11) is 0. The van der Waals surface area contributed by atoms with E-state index in [2.05, 4.69) is 28.8 Å². The van der Waals surface area contributed by atoms with E-state index in [0.29, 0.717) is 26.2 Å². The molecule has 0 unspecified atom stereocenters. The zero-order chi connectivity index (χ0) is 13.5. The molecule has 4 nitrogen and oxygen atoms in total. The van der Waals surface area contributed by atoms with E-state index >= 15 is 0 Å². The number of hydrogen-bond donors (Lipinski definition) is 2. The van der Waals surface area contributed by atoms with Crippen molar-refractivity contribution in [3.05, 3.63) is 34.9 Å². The van der Waals surface area contributed by atoms with E-state index in [0.717, 1.165) is 19.5 Å². The minimum atomic E-state index is 0.0957. The average molecular weight is 262 g/mol. The maximum absolute atomic E-state index is 11.6. The first-order valence-corrected chi connectivity index (χ1v) is 6.95. The summed E-state index contributed by atoms with van der Waals surface area (Å²) in [6.07, 6.45) is 1.32. The highest BCUT2D eigenvalue weighted by Crippen LogP contribution is 2.16. The van der Waals surface area contributed by atoms with Crippen molar-refractivity contribution in [2.75, 3.05) is 13.2 Å². The normalized spacial score (nSPS) is 13.3. The van der Waals surface area contributed by atoms with Gasteiger partial charge in [-0.05, 0) is 30.0 Å². The Morgan fingerprint density at radius 1 is 1.37 bits per heavy atom. The Labute approximate surface area is 114 Å². The number of carbonyl (C=O) groups excluding carboxylic acids is 1. The van der Waals surface area contributed by atoms with Crippen LogP contribution in [0.1, 0.15) is 36.5 Å². The summed E-state index contributed by atoms with van der Waals surface area (Å²) < 4.78 is 5.21. The summed E-state index contributed by atoms with van der Waals surface area (Å²) >= 11 is 0. The van der Waals surface area contributed by atoms with E-state index < -0.39 is 0 Å². The van der Waals surface area contributed by atoms with Crippen LogP contribution in [0.4, 0.5) is 0 Å². The lowest BCUT2D eigenvalue weighted by Crippen LogP contribution is -2.22. The number of ether oxygens (including phenoxy) is 1. The van der Waals surface area contributed by atoms with E-state index in [4.69, 9.17) is 4.74 Å². The van der Waals surface area contributed by atoms with Gasteiger partial charge in [-0.3, -0.25) is 4.79 Å². The number of rotatable bonds is 7. The number of nitrogens with one attached hydrogen (secondary N) is 2. The van der Waals surface area contributed by atoms with Gasteiger partial charge in [-0.25, -0.2) is 0 Å². The first-order valence-electron chi connectivity index (χ1n) is 6.95. The van der Waals surface area contributed by atoms with Crippen molar-refractivity contribution in [1.82, 2.24) is 10.6 Å². The topological polar surface area (TPSA) is 50.4 Å². The molecule has 1 aromatic rings. The lowest BCUT2D eigenvalue weighted by molar-refractivity contribution is -0.121. The fourth-order valence-electron chi connectivity index (χ4n) is 2.23. The summed E-state index contributed by atoms with van der Waals surface area (Å²) in [5, 5.41) is 6.27. The molecule has 0 radical (unpaired) electrons. The summed E-state index contributed by atoms with van der Waals surface area (Å²) in [4.78, 5) is 11.6. The smallest absolute Gasteiger partial charge is 0.220 e. The predicted octanol–water partition coefficient (Wildman–Crippen LogP) is 1.72. The summed E-state index contributed by atoms with van der Waals surface area (Å²) in [5.74, 6) is 0.0957. The molecule has 1 amide bonds. The molecule has 0 bridgehead atoms. The van der Waals surface area contributed by atoms with Crippen LogP contribution in [-0.4, -0.2) is 19.1 Å². The Balaban J connectivity index is 1.71. The second kappa shape index (κ2) is 7.26. The van der Waals surface area contributed by atoms with E-state index in [1.54, 1.807) is 0 Å². The third kappa shape index (κ3) is 4.33. The van der Waals surface area contributed by atoms with E-state index in [-0.39, 0.29) is 5.91 Å². The van der Waals surface area contributed by atoms with Crippen molar-refractivity contribution in [2.45, 2.75) is 39.4 Å². The van der Waals surface area contributed by atoms with E-state index in [1.165, 1.54) is 16.7 Å². The first kappa shape index (κ1) is 14.0. The Hall–Kier alpha value is -1.39. The summed E-state index contributed by atoms with van der Waals surface area (Å²) in [6.45, 7) is 5.84. The maximum atomic E-state index is 11.6. The lowest BCUT2D eigenvalue weighted by Gasteiger charge is -2.07. The van der Waals surface area contributed by atoms with Crippen LogP contribution in [0.25, 0.3) is 0 Å². The average Bonchev–Trinajstić information content (AvgIpc) is 2.89. The van der Waals surface area contributed by atoms with Crippen LogP contribution in [0.5, 0.6) is 0 Å². The largest absolute Gasteiger partial charge is 0.382 e. The van der Waals surface area contributed by atoms with Gasteiger partial charge in [0.25, 0.3) is 0 Å². The standard InChI is InChI=1S/C15H22N2O2/c1-2-19-7-3-4-15(18)17-9-12-5-6-13-10-16-11-14(13)8-12/h5-6,8,16H,2-4,7,9-11H2,1H3,(H,17,18). The van der Waals surface area contributed by atoms with Gasteiger partial charge in [0.15, 0.2) is 0 Å². The molecule has 0 saturated heterocycles. The Morgan fingerprint density at radius 3 is 3.05 bits per heavy atom. The molecule has 104 valence electrons. The number of amides is 1. The van der Waals surface area contributed by atoms with Crippen molar-refractivity contribution in [3.63, 3.8) is 0 Å². The van der Waals surface area contributed by atoms with Crippen molar-refractivity contribution >= 4 is 5.91 Å². The lowest BCUT2D eigenvalue weighted by atomic mass is 10.1. The van der Waals surface area contributed by atoms with Gasteiger partial charge in [0.2, 0.25) is 5.91 Å². The van der Waals surface area contributed by atoms with Crippen LogP contribution in [0.3, 0.4) is 0 Å². The molecule has 1 aliphatic heterocycles. The minimum absolute atomic E-state index is 0.0957. The highest BCUT2D eigenvalue weighted by Gasteiger charge is 2.10. The molecule has 0 spiro atoms. The van der Waals surface area contributed by atoms with Crippen LogP contribution < -0.4 is 10.6 Å². The van der Waals surface area contributed by atoms with Gasteiger partial charge in [-0.15, -0.1) is 0 Å². The van der Waals surface area contributed by atoms with Crippen molar-refractivity contribution in [1.29, 1.82) is 0 Å². The Kier molecular flexibility index (Phi) is 5.36. The molecule has 0 fully saturated rings. The molecule has 2 N–H and O–H groups in total. The molecule has 0 saturated carbocycles. The first-order chi connectivity index (χ1) is 9.29. The molecule has 0 atom stereocenters. The van der Waals surface area contributed by atoms with E-state index in [1.807, 2.05) is 6.92 Å². The molecular weight excluding hydrogens is 240 g/mol. The molecule has 4 heteroatoms. The number of hydrogen-bond acceptors (Lipinski definition) is 3. The Bertz CT molecular complexity index is 432. The molecule has 2 rings (SSSR count). The van der Waals surface area contributed by atoms with Crippen LogP contribution >= 0.6 is 0 Å². The van der Waals surface area contributed by atoms with Crippen LogP contribution in [0, 0.1) is 0 Å². The monoisotopic (exact) mass is 262 g/mol. The summed E-state index contributed by atoms with van der Waals surface area (Å²) in [5.41, 5.74) is 3.88. The quantitative estimate of drug-likeness (QED) is 0.736. The third-order valence-corrected chi connectivity index (χ3v) is 3.29. The predicted molar refractivity (Wildman–Crippen MR) is 74.6 cm³/mol. The van der Waals surface area contributed by atoms with Gasteiger partial charge in [0, 0.05) is 39.3 Å². The fourth-order valence-corrected chi connectivity index (χ4v) is 2.23. The van der Waals surface area contributed by atoms with Crippen LogP contribution in [0.15, 0.2) is 18.2 Å². The second-order valence-corrected chi connectivity index (χ2v) is 4.78. The van der Waals surface area contributed by atoms with Gasteiger partial charge < -0.3 is 15.4 Å². The highest BCUT2D eigenvalue weighted by molar-refractivity contribution is 5.75. The molecule has 0 aliphatic carbocycles. The van der Waals surface area contributed by atoms with Crippen molar-refractivity contribution in [2.24, 2.45) is 0 Å². The van der Waals surface area contributed by atoms with Gasteiger partial charge in [-0.2, -0.15) is 0 Å². The van der Waals surface area contributed by atoms with Gasteiger partial charge in [-0.1, -0.05) is 18.2 Å². The Morgan fingerprint density at radius 2 is 2.21 bits per heavy atom. The molecule has 1 aromatic carbocycles. The van der Waals surface area contributed by atoms with Gasteiger partial charge in [0.1, 0.15) is 0 Å². The van der Waals surface area contributed by atoms with Gasteiger partial charge >= 0.3 is 0 Å². The molecule has 1 aliphatic rings. The van der Waals surface area contributed by atoms with E-state index in [9.17, 15) is 4.79 Å². The zero-order valence-electron chi connectivity index (χ0n) is 11.5. The van der Waals surface area contributed by atoms with Gasteiger partial charge in [0.05, 0.1) is 0 Å². The molecule has 1 heterocycles. The number of benzene rings is 1. The third-order valence-electron chi connectivity index (χ3n) is 3.29. The summed E-state index contributed by atoms with van der Waals surface area (Å²) in [6, 6.07) is 6.41.